The first kappa shape index (κ1) is 16.3. The van der Waals surface area contributed by atoms with Crippen molar-refractivity contribution in [3.63, 3.8) is 0 Å². The first-order valence-corrected chi connectivity index (χ1v) is 8.61. The van der Waals surface area contributed by atoms with Gasteiger partial charge in [-0.3, -0.25) is 9.69 Å². The predicted octanol–water partition coefficient (Wildman–Crippen LogP) is 1.27. The zero-order valence-corrected chi connectivity index (χ0v) is 13.8. The first-order chi connectivity index (χ1) is 11.3. The van der Waals surface area contributed by atoms with Crippen LogP contribution in [0.25, 0.3) is 0 Å². The Bertz CT molecular complexity index is 531. The second-order valence-electron chi connectivity index (χ2n) is 6.52. The summed E-state index contributed by atoms with van der Waals surface area (Å²) >= 11 is 0. The Morgan fingerprint density at radius 1 is 1.35 bits per heavy atom. The Balaban J connectivity index is 1.60. The quantitative estimate of drug-likeness (QED) is 0.905. The van der Waals surface area contributed by atoms with Gasteiger partial charge >= 0.3 is 0 Å². The Morgan fingerprint density at radius 2 is 2.17 bits per heavy atom. The number of ether oxygens (including phenoxy) is 1. The molecule has 0 spiro atoms. The van der Waals surface area contributed by atoms with Crippen LogP contribution in [0.1, 0.15) is 41.9 Å². The molecule has 2 aliphatic heterocycles. The molecule has 6 nitrogen and oxygen atoms in total. The lowest BCUT2D eigenvalue weighted by Crippen LogP contribution is -2.45. The van der Waals surface area contributed by atoms with Crippen LogP contribution in [0.2, 0.25) is 0 Å². The number of rotatable bonds is 4. The fraction of sp³-hybridized carbons (Fsp3) is 0.706. The predicted molar refractivity (Wildman–Crippen MR) is 87.3 cm³/mol. The zero-order valence-electron chi connectivity index (χ0n) is 13.8. The minimum Gasteiger partial charge on any atom is -0.381 e. The van der Waals surface area contributed by atoms with E-state index in [2.05, 4.69) is 20.2 Å². The van der Waals surface area contributed by atoms with E-state index in [-0.39, 0.29) is 5.91 Å². The number of nitrogens with one attached hydrogen (secondary N) is 1. The summed E-state index contributed by atoms with van der Waals surface area (Å²) in [6.07, 6.45) is 7.21. The van der Waals surface area contributed by atoms with Crippen molar-refractivity contribution in [1.82, 2.24) is 20.2 Å². The van der Waals surface area contributed by atoms with E-state index in [4.69, 9.17) is 4.74 Å². The van der Waals surface area contributed by atoms with Gasteiger partial charge in [0.05, 0.1) is 0 Å². The van der Waals surface area contributed by atoms with Crippen molar-refractivity contribution < 1.29 is 9.53 Å². The second-order valence-corrected chi connectivity index (χ2v) is 6.52. The lowest BCUT2D eigenvalue weighted by molar-refractivity contribution is 0.0177. The summed E-state index contributed by atoms with van der Waals surface area (Å²) < 4.78 is 5.48. The van der Waals surface area contributed by atoms with Crippen molar-refractivity contribution in [2.24, 2.45) is 5.92 Å². The van der Waals surface area contributed by atoms with Gasteiger partial charge in [0.1, 0.15) is 12.0 Å². The molecule has 1 atom stereocenters. The molecule has 1 amide bonds. The largest absolute Gasteiger partial charge is 0.381 e. The highest BCUT2D eigenvalue weighted by atomic mass is 16.5. The molecular formula is C17H26N4O2. The summed E-state index contributed by atoms with van der Waals surface area (Å²) in [4.78, 5) is 22.7. The monoisotopic (exact) mass is 318 g/mol. The highest BCUT2D eigenvalue weighted by Gasteiger charge is 2.27. The number of hydrogen-bond donors (Lipinski definition) is 1. The average Bonchev–Trinajstić information content (AvgIpc) is 2.62. The van der Waals surface area contributed by atoms with Crippen LogP contribution in [0.5, 0.6) is 0 Å². The molecule has 3 rings (SSSR count). The van der Waals surface area contributed by atoms with E-state index in [0.29, 0.717) is 17.7 Å². The minimum atomic E-state index is -0.152. The summed E-state index contributed by atoms with van der Waals surface area (Å²) in [7, 11) is 1.62. The van der Waals surface area contributed by atoms with E-state index < -0.39 is 0 Å². The van der Waals surface area contributed by atoms with Crippen LogP contribution in [0.15, 0.2) is 12.4 Å². The maximum absolute atomic E-state index is 11.7. The van der Waals surface area contributed by atoms with Gasteiger partial charge in [0.25, 0.3) is 5.91 Å². The van der Waals surface area contributed by atoms with Crippen molar-refractivity contribution in [2.45, 2.75) is 38.1 Å². The van der Waals surface area contributed by atoms with Crippen LogP contribution in [-0.4, -0.2) is 60.2 Å². The van der Waals surface area contributed by atoms with E-state index in [1.165, 1.54) is 25.7 Å². The summed E-state index contributed by atoms with van der Waals surface area (Å²) in [5.41, 5.74) is 1.42. The molecule has 0 aliphatic carbocycles. The van der Waals surface area contributed by atoms with Crippen LogP contribution in [0.3, 0.4) is 0 Å². The molecule has 2 saturated heterocycles. The molecule has 2 fully saturated rings. The second kappa shape index (κ2) is 7.84. The molecule has 0 bridgehead atoms. The van der Waals surface area contributed by atoms with E-state index in [9.17, 15) is 4.79 Å². The Labute approximate surface area is 137 Å². The molecule has 1 unspecified atom stereocenters. The first-order valence-electron chi connectivity index (χ1n) is 8.61. The summed E-state index contributed by atoms with van der Waals surface area (Å²) in [6.45, 7) is 4.12. The molecule has 1 N–H and O–H groups in total. The number of nitrogens with zero attached hydrogens (tertiary/aromatic N) is 3. The Hall–Kier alpha value is -1.53. The van der Waals surface area contributed by atoms with Crippen LogP contribution in [0.4, 0.5) is 0 Å². The summed E-state index contributed by atoms with van der Waals surface area (Å²) in [6, 6.07) is 2.50. The Kier molecular flexibility index (Phi) is 5.56. The zero-order chi connectivity index (χ0) is 16.1. The van der Waals surface area contributed by atoms with Crippen molar-refractivity contribution >= 4 is 5.91 Å². The van der Waals surface area contributed by atoms with Crippen molar-refractivity contribution in [3.8, 4) is 0 Å². The SMILES string of the molecule is CNC(=O)c1cc(CC2CCCN(C3CCOCC3)C2)ncn1. The highest BCUT2D eigenvalue weighted by Crippen LogP contribution is 2.25. The van der Waals surface area contributed by atoms with Gasteiger partial charge in [-0.05, 0) is 50.6 Å². The van der Waals surface area contributed by atoms with Gasteiger partial charge in [-0.25, -0.2) is 9.97 Å². The topological polar surface area (TPSA) is 67.4 Å². The number of aromatic nitrogens is 2. The maximum Gasteiger partial charge on any atom is 0.269 e. The highest BCUT2D eigenvalue weighted by molar-refractivity contribution is 5.91. The van der Waals surface area contributed by atoms with E-state index in [1.807, 2.05) is 6.07 Å². The molecule has 0 radical (unpaired) electrons. The fourth-order valence-corrected chi connectivity index (χ4v) is 3.70. The van der Waals surface area contributed by atoms with E-state index >= 15 is 0 Å². The molecule has 1 aromatic rings. The minimum absolute atomic E-state index is 0.152. The van der Waals surface area contributed by atoms with Crippen molar-refractivity contribution in [1.29, 1.82) is 0 Å². The normalized spacial score (nSPS) is 23.6. The third-order valence-electron chi connectivity index (χ3n) is 4.94. The number of likely N-dealkylation sites (tertiary alicyclic amines) is 1. The van der Waals surface area contributed by atoms with Crippen molar-refractivity contribution in [3.05, 3.63) is 23.8 Å². The summed E-state index contributed by atoms with van der Waals surface area (Å²) in [5.74, 6) is 0.458. The fourth-order valence-electron chi connectivity index (χ4n) is 3.70. The smallest absolute Gasteiger partial charge is 0.269 e. The number of carbonyl (C=O) groups is 1. The van der Waals surface area contributed by atoms with Crippen LogP contribution < -0.4 is 5.32 Å². The van der Waals surface area contributed by atoms with Crippen molar-refractivity contribution in [2.75, 3.05) is 33.4 Å². The lowest BCUT2D eigenvalue weighted by Gasteiger charge is -2.39. The molecule has 3 heterocycles. The molecule has 126 valence electrons. The molecule has 1 aromatic heterocycles. The Morgan fingerprint density at radius 3 is 2.96 bits per heavy atom. The molecule has 6 heteroatoms. The maximum atomic E-state index is 11.7. The third-order valence-corrected chi connectivity index (χ3v) is 4.94. The molecule has 23 heavy (non-hydrogen) atoms. The van der Waals surface area contributed by atoms with Gasteiger partial charge in [0.15, 0.2) is 0 Å². The summed E-state index contributed by atoms with van der Waals surface area (Å²) in [5, 5.41) is 2.61. The number of hydrogen-bond acceptors (Lipinski definition) is 5. The third kappa shape index (κ3) is 4.26. The molecule has 2 aliphatic rings. The van der Waals surface area contributed by atoms with Gasteiger partial charge in [-0.1, -0.05) is 0 Å². The lowest BCUT2D eigenvalue weighted by atomic mass is 9.91. The molecule has 0 saturated carbocycles. The van der Waals surface area contributed by atoms with E-state index in [0.717, 1.165) is 44.7 Å². The van der Waals surface area contributed by atoms with E-state index in [1.54, 1.807) is 7.05 Å². The van der Waals surface area contributed by atoms with Crippen LogP contribution >= 0.6 is 0 Å². The van der Waals surface area contributed by atoms with Gasteiger partial charge in [-0.2, -0.15) is 0 Å². The number of carbonyl (C=O) groups excluding carboxylic acids is 1. The number of piperidine rings is 1. The number of amides is 1. The van der Waals surface area contributed by atoms with Gasteiger partial charge in [0, 0.05) is 38.5 Å². The van der Waals surface area contributed by atoms with Crippen LogP contribution in [-0.2, 0) is 11.2 Å². The van der Waals surface area contributed by atoms with Gasteiger partial charge in [0.2, 0.25) is 0 Å². The van der Waals surface area contributed by atoms with Crippen LogP contribution in [0, 0.1) is 5.92 Å². The molecule has 0 aromatic carbocycles. The van der Waals surface area contributed by atoms with Gasteiger partial charge < -0.3 is 10.1 Å². The molecular weight excluding hydrogens is 292 g/mol. The van der Waals surface area contributed by atoms with Gasteiger partial charge in [-0.15, -0.1) is 0 Å². The average molecular weight is 318 g/mol. The standard InChI is InChI=1S/C17H26N4O2/c1-18-17(22)16-10-14(19-12-20-16)9-13-3-2-6-21(11-13)15-4-7-23-8-5-15/h10,12-13,15H,2-9,11H2,1H3,(H,18,22).